The molecule has 0 radical (unpaired) electrons. The SMILES string of the molecule is COC(=O)C(C)(C)N1C(=O)C(F)(F)Oc2cc(F)c(-c3c(F)c(F)c(F)c(F)c3F)cc21. The van der Waals surface area contributed by atoms with E-state index in [1.54, 1.807) is 0 Å². The van der Waals surface area contributed by atoms with Crippen LogP contribution in [-0.4, -0.2) is 30.6 Å². The van der Waals surface area contributed by atoms with Crippen LogP contribution in [0.1, 0.15) is 13.8 Å². The van der Waals surface area contributed by atoms with Crippen LogP contribution >= 0.6 is 0 Å². The Bertz CT molecular complexity index is 1140. The minimum Gasteiger partial charge on any atom is -0.467 e. The van der Waals surface area contributed by atoms with Crippen molar-refractivity contribution in [3.8, 4) is 16.9 Å². The monoisotopic (exact) mass is 469 g/mol. The molecule has 2 aromatic carbocycles. The molecule has 172 valence electrons. The molecule has 0 bridgehead atoms. The highest BCUT2D eigenvalue weighted by molar-refractivity contribution is 6.07. The predicted octanol–water partition coefficient (Wildman–Crippen LogP) is 4.46. The van der Waals surface area contributed by atoms with Crippen LogP contribution in [0.25, 0.3) is 11.1 Å². The van der Waals surface area contributed by atoms with Gasteiger partial charge in [0.1, 0.15) is 11.4 Å². The van der Waals surface area contributed by atoms with Gasteiger partial charge in [-0.05, 0) is 19.9 Å². The van der Waals surface area contributed by atoms with Gasteiger partial charge in [-0.3, -0.25) is 9.69 Å². The molecular formula is C19H11F8NO4. The number of amides is 1. The van der Waals surface area contributed by atoms with E-state index < -0.39 is 81.0 Å². The molecule has 13 heteroatoms. The first-order valence-electron chi connectivity index (χ1n) is 8.52. The molecule has 0 saturated heterocycles. The second-order valence-corrected chi connectivity index (χ2v) is 7.05. The second-order valence-electron chi connectivity index (χ2n) is 7.05. The number of anilines is 1. The van der Waals surface area contributed by atoms with Crippen molar-refractivity contribution >= 4 is 17.6 Å². The first-order chi connectivity index (χ1) is 14.7. The number of rotatable bonds is 3. The molecule has 1 amide bonds. The van der Waals surface area contributed by atoms with Crippen LogP contribution in [0, 0.1) is 34.9 Å². The van der Waals surface area contributed by atoms with Gasteiger partial charge in [0.05, 0.1) is 18.4 Å². The normalized spacial score (nSPS) is 15.3. The topological polar surface area (TPSA) is 55.8 Å². The number of carbonyl (C=O) groups excluding carboxylic acids is 2. The van der Waals surface area contributed by atoms with E-state index in [1.165, 1.54) is 0 Å². The highest BCUT2D eigenvalue weighted by atomic mass is 19.3. The number of esters is 1. The van der Waals surface area contributed by atoms with Gasteiger partial charge in [-0.15, -0.1) is 0 Å². The Balaban J connectivity index is 2.37. The highest BCUT2D eigenvalue weighted by Gasteiger charge is 2.56. The van der Waals surface area contributed by atoms with Crippen molar-refractivity contribution in [3.05, 3.63) is 47.0 Å². The fraction of sp³-hybridized carbons (Fsp3) is 0.263. The lowest BCUT2D eigenvalue weighted by Crippen LogP contribution is -2.61. The van der Waals surface area contributed by atoms with E-state index in [1.807, 2.05) is 0 Å². The zero-order valence-corrected chi connectivity index (χ0v) is 16.3. The molecule has 5 nitrogen and oxygen atoms in total. The maximum absolute atomic E-state index is 14.6. The second kappa shape index (κ2) is 7.35. The summed E-state index contributed by atoms with van der Waals surface area (Å²) < 4.78 is 120. The van der Waals surface area contributed by atoms with E-state index in [4.69, 9.17) is 0 Å². The lowest BCUT2D eigenvalue weighted by Gasteiger charge is -2.41. The molecule has 0 N–H and O–H groups in total. The number of hydrogen-bond donors (Lipinski definition) is 0. The molecule has 1 heterocycles. The Kier molecular flexibility index (Phi) is 5.35. The van der Waals surface area contributed by atoms with E-state index in [0.29, 0.717) is 6.07 Å². The molecule has 1 aliphatic heterocycles. The first-order valence-corrected chi connectivity index (χ1v) is 8.52. The molecule has 0 fully saturated rings. The number of halogens is 8. The number of carbonyl (C=O) groups is 2. The van der Waals surface area contributed by atoms with Gasteiger partial charge in [0, 0.05) is 11.6 Å². The smallest absolute Gasteiger partial charge is 0.467 e. The van der Waals surface area contributed by atoms with Crippen LogP contribution in [0.4, 0.5) is 40.8 Å². The van der Waals surface area contributed by atoms with Crippen LogP contribution in [-0.2, 0) is 14.3 Å². The molecule has 0 saturated carbocycles. The third-order valence-electron chi connectivity index (χ3n) is 4.70. The van der Waals surface area contributed by atoms with Crippen LogP contribution in [0.15, 0.2) is 12.1 Å². The molecule has 32 heavy (non-hydrogen) atoms. The van der Waals surface area contributed by atoms with Crippen LogP contribution < -0.4 is 9.64 Å². The van der Waals surface area contributed by atoms with E-state index >= 15 is 0 Å². The molecule has 0 spiro atoms. The van der Waals surface area contributed by atoms with Gasteiger partial charge in [-0.2, -0.15) is 8.78 Å². The lowest BCUT2D eigenvalue weighted by atomic mass is 9.96. The van der Waals surface area contributed by atoms with Gasteiger partial charge in [-0.1, -0.05) is 0 Å². The summed E-state index contributed by atoms with van der Waals surface area (Å²) in [5.74, 6) is -18.2. The summed E-state index contributed by atoms with van der Waals surface area (Å²) in [6, 6.07) is 0.504. The molecule has 0 aliphatic carbocycles. The fourth-order valence-electron chi connectivity index (χ4n) is 3.15. The van der Waals surface area contributed by atoms with E-state index in [0.717, 1.165) is 21.0 Å². The summed E-state index contributed by atoms with van der Waals surface area (Å²) in [4.78, 5) is 24.6. The molecule has 0 unspecified atom stereocenters. The Morgan fingerprint density at radius 3 is 1.97 bits per heavy atom. The van der Waals surface area contributed by atoms with Gasteiger partial charge in [0.2, 0.25) is 5.82 Å². The average molecular weight is 469 g/mol. The zero-order chi connectivity index (χ0) is 24.3. The van der Waals surface area contributed by atoms with Crippen LogP contribution in [0.2, 0.25) is 0 Å². The largest absolute Gasteiger partial charge is 0.483 e. The lowest BCUT2D eigenvalue weighted by molar-refractivity contribution is -0.195. The van der Waals surface area contributed by atoms with Gasteiger partial charge in [-0.25, -0.2) is 31.1 Å². The standard InChI is InChI=1S/C19H11F8NO4/c1-18(2,17(30)31-3)28-8-4-6(7(20)5-9(8)32-19(26,27)16(28)29)10-11(21)13(23)15(25)14(24)12(10)22/h4-5H,1-3H3. The van der Waals surface area contributed by atoms with Crippen molar-refractivity contribution in [1.29, 1.82) is 0 Å². The Labute approximate surface area is 174 Å². The minimum absolute atomic E-state index is 0.118. The third kappa shape index (κ3) is 3.22. The number of alkyl halides is 2. The van der Waals surface area contributed by atoms with Crippen molar-refractivity contribution in [2.75, 3.05) is 12.0 Å². The summed E-state index contributed by atoms with van der Waals surface area (Å²) in [6.45, 7) is 1.92. The number of fused-ring (bicyclic) bond motifs is 1. The quantitative estimate of drug-likeness (QED) is 0.289. The number of methoxy groups -OCH3 is 1. The van der Waals surface area contributed by atoms with Crippen molar-refractivity contribution in [1.82, 2.24) is 0 Å². The number of benzene rings is 2. The van der Waals surface area contributed by atoms with E-state index in [9.17, 15) is 44.7 Å². The highest BCUT2D eigenvalue weighted by Crippen LogP contribution is 2.46. The summed E-state index contributed by atoms with van der Waals surface area (Å²) in [5, 5.41) is 0. The van der Waals surface area contributed by atoms with Crippen LogP contribution in [0.3, 0.4) is 0 Å². The number of hydrogen-bond acceptors (Lipinski definition) is 4. The summed E-state index contributed by atoms with van der Waals surface area (Å²) in [6.07, 6.45) is -4.59. The Morgan fingerprint density at radius 2 is 1.47 bits per heavy atom. The first kappa shape index (κ1) is 23.3. The number of ether oxygens (including phenoxy) is 2. The average Bonchev–Trinajstić information content (AvgIpc) is 2.71. The van der Waals surface area contributed by atoms with Gasteiger partial charge in [0.25, 0.3) is 0 Å². The zero-order valence-electron chi connectivity index (χ0n) is 16.3. The summed E-state index contributed by atoms with van der Waals surface area (Å²) >= 11 is 0. The predicted molar refractivity (Wildman–Crippen MR) is 90.8 cm³/mol. The maximum Gasteiger partial charge on any atom is 0.483 e. The molecule has 1 aliphatic rings. The van der Waals surface area contributed by atoms with Crippen LogP contribution in [0.5, 0.6) is 5.75 Å². The number of nitrogens with zero attached hydrogens (tertiary/aromatic N) is 1. The fourth-order valence-corrected chi connectivity index (χ4v) is 3.15. The molecular weight excluding hydrogens is 458 g/mol. The van der Waals surface area contributed by atoms with E-state index in [-0.39, 0.29) is 11.0 Å². The summed E-state index contributed by atoms with van der Waals surface area (Å²) in [7, 11) is 0.874. The van der Waals surface area contributed by atoms with Gasteiger partial charge in [0.15, 0.2) is 29.0 Å². The van der Waals surface area contributed by atoms with Crippen molar-refractivity contribution in [2.45, 2.75) is 25.5 Å². The van der Waals surface area contributed by atoms with Gasteiger partial charge < -0.3 is 9.47 Å². The van der Waals surface area contributed by atoms with E-state index in [2.05, 4.69) is 9.47 Å². The van der Waals surface area contributed by atoms with Crippen molar-refractivity contribution in [2.24, 2.45) is 0 Å². The Morgan fingerprint density at radius 1 is 0.969 bits per heavy atom. The Hall–Kier alpha value is -3.38. The van der Waals surface area contributed by atoms with Crippen molar-refractivity contribution in [3.63, 3.8) is 0 Å². The van der Waals surface area contributed by atoms with Crippen molar-refractivity contribution < 1.29 is 54.2 Å². The maximum atomic E-state index is 14.6. The third-order valence-corrected chi connectivity index (χ3v) is 4.70. The molecule has 2 aromatic rings. The summed E-state index contributed by atoms with van der Waals surface area (Å²) in [5.41, 5.74) is -6.00. The van der Waals surface area contributed by atoms with Gasteiger partial charge >= 0.3 is 18.0 Å². The molecule has 0 atom stereocenters. The minimum atomic E-state index is -4.59. The molecule has 0 aromatic heterocycles. The molecule has 3 rings (SSSR count).